The average Bonchev–Trinajstić information content (AvgIpc) is 2.79. The smallest absolute Gasteiger partial charge is 0.244 e. The minimum absolute atomic E-state index is 0.147. The fourth-order valence-electron chi connectivity index (χ4n) is 1.74. The molecule has 0 unspecified atom stereocenters. The molecule has 6 nitrogen and oxygen atoms in total. The molecule has 1 aromatic rings. The first-order valence-corrected chi connectivity index (χ1v) is 9.73. The van der Waals surface area contributed by atoms with E-state index in [0.29, 0.717) is 24.5 Å². The van der Waals surface area contributed by atoms with E-state index in [-0.39, 0.29) is 9.64 Å². The van der Waals surface area contributed by atoms with Gasteiger partial charge in [0.05, 0.1) is 11.4 Å². The minimum atomic E-state index is -3.56. The third kappa shape index (κ3) is 5.28. The summed E-state index contributed by atoms with van der Waals surface area (Å²) in [7, 11) is -3.56. The van der Waals surface area contributed by atoms with Crippen LogP contribution in [0.4, 0.5) is 0 Å². The summed E-state index contributed by atoms with van der Waals surface area (Å²) < 4.78 is 27.6. The lowest BCUT2D eigenvalue weighted by molar-refractivity contribution is 0.567. The Labute approximate surface area is 131 Å². The molecule has 0 aliphatic heterocycles. The second-order valence-corrected chi connectivity index (χ2v) is 8.81. The van der Waals surface area contributed by atoms with Crippen LogP contribution >= 0.6 is 11.8 Å². The molecule has 0 amide bonds. The minimum Gasteiger partial charge on any atom is -0.311 e. The van der Waals surface area contributed by atoms with Gasteiger partial charge in [-0.05, 0) is 40.0 Å². The van der Waals surface area contributed by atoms with Crippen molar-refractivity contribution >= 4 is 21.8 Å². The third-order valence-corrected chi connectivity index (χ3v) is 6.04. The van der Waals surface area contributed by atoms with Gasteiger partial charge in [0.25, 0.3) is 0 Å². The number of rotatable bonds is 9. The number of aryl methyl sites for hydroxylation is 1. The second kappa shape index (κ2) is 7.62. The molecule has 0 spiro atoms. The van der Waals surface area contributed by atoms with Crippen LogP contribution in [0.5, 0.6) is 0 Å². The zero-order valence-electron chi connectivity index (χ0n) is 13.4. The summed E-state index contributed by atoms with van der Waals surface area (Å²) in [5.74, 6) is 0. The van der Waals surface area contributed by atoms with E-state index in [0.717, 1.165) is 13.0 Å². The molecule has 1 aromatic heterocycles. The van der Waals surface area contributed by atoms with E-state index in [1.807, 2.05) is 20.1 Å². The van der Waals surface area contributed by atoms with Gasteiger partial charge < -0.3 is 5.32 Å². The van der Waals surface area contributed by atoms with E-state index in [1.165, 1.54) is 0 Å². The summed E-state index contributed by atoms with van der Waals surface area (Å²) in [4.78, 5) is 0.267. The highest BCUT2D eigenvalue weighted by Crippen LogP contribution is 2.22. The van der Waals surface area contributed by atoms with Crippen molar-refractivity contribution in [3.05, 3.63) is 11.4 Å². The Balaban J connectivity index is 2.89. The van der Waals surface area contributed by atoms with Crippen molar-refractivity contribution in [2.24, 2.45) is 0 Å². The van der Waals surface area contributed by atoms with Gasteiger partial charge in [0.2, 0.25) is 10.0 Å². The van der Waals surface area contributed by atoms with Crippen molar-refractivity contribution < 1.29 is 8.42 Å². The summed E-state index contributed by atoms with van der Waals surface area (Å²) in [5.41, 5.74) is 1.10. The lowest BCUT2D eigenvalue weighted by Gasteiger charge is -2.22. The summed E-state index contributed by atoms with van der Waals surface area (Å²) in [6, 6.07) is 0. The first kappa shape index (κ1) is 18.5. The molecule has 0 aromatic carbocycles. The number of nitrogens with zero attached hydrogens (tertiary/aromatic N) is 1. The van der Waals surface area contributed by atoms with Crippen LogP contribution in [0.2, 0.25) is 0 Å². The molecule has 1 heterocycles. The van der Waals surface area contributed by atoms with Crippen LogP contribution in [0.1, 0.15) is 38.6 Å². The number of aromatic amines is 1. The maximum Gasteiger partial charge on any atom is 0.244 e. The molecule has 0 fully saturated rings. The fraction of sp³-hybridized carbons (Fsp3) is 0.769. The molecule has 21 heavy (non-hydrogen) atoms. The van der Waals surface area contributed by atoms with E-state index in [2.05, 4.69) is 27.2 Å². The summed E-state index contributed by atoms with van der Waals surface area (Å²) in [6.07, 6.45) is 2.96. The van der Waals surface area contributed by atoms with Gasteiger partial charge in [-0.15, -0.1) is 0 Å². The van der Waals surface area contributed by atoms with Crippen LogP contribution < -0.4 is 10.0 Å². The Bertz CT molecular complexity index is 553. The van der Waals surface area contributed by atoms with Gasteiger partial charge in [-0.3, -0.25) is 5.10 Å². The van der Waals surface area contributed by atoms with Gasteiger partial charge in [-0.2, -0.15) is 16.9 Å². The first-order valence-electron chi connectivity index (χ1n) is 7.03. The highest BCUT2D eigenvalue weighted by Gasteiger charge is 2.26. The van der Waals surface area contributed by atoms with Crippen molar-refractivity contribution in [1.29, 1.82) is 0 Å². The Morgan fingerprint density at radius 3 is 2.62 bits per heavy atom. The molecular weight excluding hydrogens is 308 g/mol. The predicted octanol–water partition coefficient (Wildman–Crippen LogP) is 1.64. The molecule has 1 rings (SSSR count). The van der Waals surface area contributed by atoms with E-state index >= 15 is 0 Å². The number of aromatic nitrogens is 2. The zero-order chi connectivity index (χ0) is 16.1. The van der Waals surface area contributed by atoms with Crippen molar-refractivity contribution in [2.45, 2.75) is 50.3 Å². The van der Waals surface area contributed by atoms with Crippen molar-refractivity contribution in [2.75, 3.05) is 19.3 Å². The molecule has 0 aliphatic carbocycles. The summed E-state index contributed by atoms with van der Waals surface area (Å²) >= 11 is 1.63. The quantitative estimate of drug-likeness (QED) is 0.598. The molecule has 0 saturated heterocycles. The topological polar surface area (TPSA) is 86.9 Å². The van der Waals surface area contributed by atoms with Gasteiger partial charge in [0, 0.05) is 17.8 Å². The standard InChI is InChI=1S/C13H26N4O2S2/c1-6-7-14-8-11-12(10(2)16-17-11)21(18,19)15-9-13(3,4)20-5/h14-15H,6-9H2,1-5H3,(H,16,17). The first-order chi connectivity index (χ1) is 9.73. The molecule has 0 bridgehead atoms. The Morgan fingerprint density at radius 2 is 2.05 bits per heavy atom. The van der Waals surface area contributed by atoms with E-state index in [9.17, 15) is 8.42 Å². The number of H-pyrrole nitrogens is 1. The summed E-state index contributed by atoms with van der Waals surface area (Å²) in [6.45, 7) is 9.46. The Morgan fingerprint density at radius 1 is 1.38 bits per heavy atom. The predicted molar refractivity (Wildman–Crippen MR) is 88.1 cm³/mol. The van der Waals surface area contributed by atoms with Crippen LogP contribution in [0.3, 0.4) is 0 Å². The van der Waals surface area contributed by atoms with E-state index in [1.54, 1.807) is 18.7 Å². The molecule has 0 radical (unpaired) electrons. The molecule has 0 aliphatic rings. The maximum atomic E-state index is 12.5. The highest BCUT2D eigenvalue weighted by molar-refractivity contribution is 8.00. The Hall–Kier alpha value is -0.570. The number of hydrogen-bond donors (Lipinski definition) is 3. The van der Waals surface area contributed by atoms with Crippen LogP contribution in [0.15, 0.2) is 4.90 Å². The molecule has 8 heteroatoms. The zero-order valence-corrected chi connectivity index (χ0v) is 15.0. The largest absolute Gasteiger partial charge is 0.311 e. The van der Waals surface area contributed by atoms with Crippen molar-refractivity contribution in [3.8, 4) is 0 Å². The lowest BCUT2D eigenvalue weighted by atomic mass is 10.2. The van der Waals surface area contributed by atoms with Crippen LogP contribution in [-0.2, 0) is 16.6 Å². The van der Waals surface area contributed by atoms with Gasteiger partial charge >= 0.3 is 0 Å². The maximum absolute atomic E-state index is 12.5. The van der Waals surface area contributed by atoms with Gasteiger partial charge in [0.15, 0.2) is 0 Å². The highest BCUT2D eigenvalue weighted by atomic mass is 32.2. The fourth-order valence-corrected chi connectivity index (χ4v) is 3.62. The van der Waals surface area contributed by atoms with Crippen molar-refractivity contribution in [3.63, 3.8) is 0 Å². The number of sulfonamides is 1. The van der Waals surface area contributed by atoms with E-state index < -0.39 is 10.0 Å². The number of nitrogens with one attached hydrogen (secondary N) is 3. The van der Waals surface area contributed by atoms with Gasteiger partial charge in [0.1, 0.15) is 4.90 Å². The Kier molecular flexibility index (Phi) is 6.71. The molecular formula is C13H26N4O2S2. The number of thioether (sulfide) groups is 1. The van der Waals surface area contributed by atoms with Gasteiger partial charge in [-0.1, -0.05) is 6.92 Å². The van der Waals surface area contributed by atoms with Crippen molar-refractivity contribution in [1.82, 2.24) is 20.2 Å². The number of hydrogen-bond acceptors (Lipinski definition) is 5. The lowest BCUT2D eigenvalue weighted by Crippen LogP contribution is -2.36. The van der Waals surface area contributed by atoms with Gasteiger partial charge in [-0.25, -0.2) is 13.1 Å². The van der Waals surface area contributed by atoms with E-state index in [4.69, 9.17) is 0 Å². The molecule has 122 valence electrons. The van der Waals surface area contributed by atoms with Crippen LogP contribution in [0, 0.1) is 6.92 Å². The van der Waals surface area contributed by atoms with Crippen LogP contribution in [0.25, 0.3) is 0 Å². The van der Waals surface area contributed by atoms with Crippen LogP contribution in [-0.4, -0.2) is 42.7 Å². The normalized spacial score (nSPS) is 12.8. The molecule has 0 atom stereocenters. The third-order valence-electron chi connectivity index (χ3n) is 3.19. The molecule has 3 N–H and O–H groups in total. The second-order valence-electron chi connectivity index (χ2n) is 5.59. The SMILES string of the molecule is CCCNCc1n[nH]c(C)c1S(=O)(=O)NCC(C)(C)SC. The molecule has 0 saturated carbocycles. The average molecular weight is 335 g/mol. The monoisotopic (exact) mass is 334 g/mol. The summed E-state index contributed by atoms with van der Waals surface area (Å²) in [5, 5.41) is 10.1.